The van der Waals surface area contributed by atoms with E-state index in [4.69, 9.17) is 27.0 Å². The molecule has 0 fully saturated rings. The van der Waals surface area contributed by atoms with Gasteiger partial charge < -0.3 is 21.1 Å². The molecule has 0 saturated heterocycles. The first kappa shape index (κ1) is 10.8. The molecule has 6 nitrogen and oxygen atoms in total. The third-order valence-electron chi connectivity index (χ3n) is 1.69. The highest BCUT2D eigenvalue weighted by Gasteiger charge is 2.36. The molecule has 0 aromatic carbocycles. The van der Waals surface area contributed by atoms with E-state index < -0.39 is 31.5 Å². The maximum atomic E-state index is 8.74. The van der Waals surface area contributed by atoms with Gasteiger partial charge in [0, 0.05) is 0 Å². The lowest BCUT2D eigenvalue weighted by Crippen LogP contribution is -2.52. The Hall–Kier alpha value is -0.240. The van der Waals surface area contributed by atoms with Crippen LogP contribution in [-0.2, 0) is 4.84 Å². The fourth-order valence-corrected chi connectivity index (χ4v) is 0.564. The quantitative estimate of drug-likeness (QED) is 0.221. The highest BCUT2D eigenvalue weighted by Crippen LogP contribution is 2.18. The molecule has 11 heavy (non-hydrogen) atoms. The lowest BCUT2D eigenvalue weighted by Gasteiger charge is -2.31. The van der Waals surface area contributed by atoms with Gasteiger partial charge in [-0.2, -0.15) is 0 Å². The summed E-state index contributed by atoms with van der Waals surface area (Å²) >= 11 is 0. The molecule has 0 spiro atoms. The molecule has 1 atom stereocenters. The molecule has 0 rings (SSSR count). The first-order valence-electron chi connectivity index (χ1n) is 3.10. The van der Waals surface area contributed by atoms with Gasteiger partial charge in [-0.05, 0) is 0 Å². The third-order valence-corrected chi connectivity index (χ3v) is 1.69. The summed E-state index contributed by atoms with van der Waals surface area (Å²) in [5, 5.41) is 26.2. The van der Waals surface area contributed by atoms with Crippen molar-refractivity contribution in [2.24, 2.45) is 17.0 Å². The molecule has 68 valence electrons. The first-order valence-corrected chi connectivity index (χ1v) is 3.10. The summed E-state index contributed by atoms with van der Waals surface area (Å²) in [5.74, 6) is 4.73. The molecule has 0 heterocycles. The number of hydrogen-bond donors (Lipinski definition) is 5. The third kappa shape index (κ3) is 2.09. The monoisotopic (exact) mass is 166 g/mol. The van der Waals surface area contributed by atoms with Crippen LogP contribution in [0, 0.1) is 5.41 Å². The number of aliphatic hydroxyl groups is 3. The molecule has 0 aliphatic carbocycles. The zero-order chi connectivity index (χ0) is 8.91. The van der Waals surface area contributed by atoms with Crippen LogP contribution in [0.2, 0.25) is 0 Å². The van der Waals surface area contributed by atoms with Crippen LogP contribution in [0.15, 0.2) is 0 Å². The second-order valence-corrected chi connectivity index (χ2v) is 2.39. The van der Waals surface area contributed by atoms with E-state index in [-0.39, 0.29) is 0 Å². The Bertz CT molecular complexity index is 98.4. The van der Waals surface area contributed by atoms with E-state index in [0.29, 0.717) is 0 Å². The normalized spacial score (nSPS) is 15.0. The minimum Gasteiger partial charge on any atom is -0.395 e. The maximum absolute atomic E-state index is 8.74. The molecule has 7 N–H and O–H groups in total. The van der Waals surface area contributed by atoms with Gasteiger partial charge >= 0.3 is 0 Å². The van der Waals surface area contributed by atoms with Gasteiger partial charge in [-0.15, -0.1) is 0 Å². The molecule has 6 heteroatoms. The fourth-order valence-electron chi connectivity index (χ4n) is 0.564. The molecular weight excluding hydrogens is 152 g/mol. The summed E-state index contributed by atoms with van der Waals surface area (Å²) in [6.45, 7) is -1.46. The van der Waals surface area contributed by atoms with Crippen LogP contribution < -0.4 is 11.6 Å². The van der Waals surface area contributed by atoms with Crippen LogP contribution in [-0.4, -0.2) is 41.4 Å². The molecule has 0 aliphatic rings. The van der Waals surface area contributed by atoms with Crippen molar-refractivity contribution in [3.05, 3.63) is 0 Å². The van der Waals surface area contributed by atoms with Crippen molar-refractivity contribution in [1.82, 2.24) is 0 Å². The van der Waals surface area contributed by atoms with Crippen molar-refractivity contribution in [2.75, 3.05) is 19.8 Å². The van der Waals surface area contributed by atoms with E-state index in [1.807, 2.05) is 0 Å². The van der Waals surface area contributed by atoms with Gasteiger partial charge in [0.05, 0.1) is 25.2 Å². The molecule has 0 amide bonds. The van der Waals surface area contributed by atoms with Crippen molar-refractivity contribution in [2.45, 2.75) is 6.23 Å². The zero-order valence-electron chi connectivity index (χ0n) is 6.10. The maximum Gasteiger partial charge on any atom is 0.139 e. The van der Waals surface area contributed by atoms with E-state index in [1.165, 1.54) is 0 Å². The van der Waals surface area contributed by atoms with Gasteiger partial charge in [0.25, 0.3) is 0 Å². The summed E-state index contributed by atoms with van der Waals surface area (Å²) in [4.78, 5) is 4.19. The zero-order valence-corrected chi connectivity index (χ0v) is 6.10. The van der Waals surface area contributed by atoms with Crippen LogP contribution in [0.4, 0.5) is 0 Å². The molecule has 0 aromatic heterocycles. The lowest BCUT2D eigenvalue weighted by molar-refractivity contribution is -0.112. The molecule has 0 bridgehead atoms. The standard InChI is InChI=1S/C5H14N2O4/c6-4(11-7)5(1-8,2-9)3-10/h4,8-10H,1-3,6-7H2. The van der Waals surface area contributed by atoms with Crippen LogP contribution in [0.1, 0.15) is 0 Å². The second-order valence-electron chi connectivity index (χ2n) is 2.39. The Balaban J connectivity index is 4.26. The predicted octanol–water partition coefficient (Wildman–Crippen LogP) is -2.88. The molecule has 0 radical (unpaired) electrons. The SMILES string of the molecule is NOC(N)C(CO)(CO)CO. The molecule has 0 saturated carbocycles. The van der Waals surface area contributed by atoms with Crippen LogP contribution in [0.3, 0.4) is 0 Å². The van der Waals surface area contributed by atoms with Crippen molar-refractivity contribution < 1.29 is 20.2 Å². The van der Waals surface area contributed by atoms with E-state index in [9.17, 15) is 0 Å². The number of rotatable bonds is 5. The van der Waals surface area contributed by atoms with Crippen molar-refractivity contribution in [1.29, 1.82) is 0 Å². The summed E-state index contributed by atoms with van der Waals surface area (Å²) in [6, 6.07) is 0. The van der Waals surface area contributed by atoms with Gasteiger partial charge in [0.2, 0.25) is 0 Å². The minimum atomic E-state index is -1.27. The van der Waals surface area contributed by atoms with Crippen molar-refractivity contribution >= 4 is 0 Å². The Morgan fingerprint density at radius 3 is 1.64 bits per heavy atom. The molecule has 0 aliphatic heterocycles. The Morgan fingerprint density at radius 2 is 1.55 bits per heavy atom. The fraction of sp³-hybridized carbons (Fsp3) is 1.00. The van der Waals surface area contributed by atoms with Gasteiger partial charge in [-0.1, -0.05) is 0 Å². The van der Waals surface area contributed by atoms with E-state index in [2.05, 4.69) is 4.84 Å². The molecular formula is C5H14N2O4. The molecule has 1 unspecified atom stereocenters. The average Bonchev–Trinajstić information content (AvgIpc) is 2.08. The largest absolute Gasteiger partial charge is 0.395 e. The summed E-state index contributed by atoms with van der Waals surface area (Å²) in [6.07, 6.45) is -1.08. The minimum absolute atomic E-state index is 0.488. The average molecular weight is 166 g/mol. The Kier molecular flexibility index (Phi) is 4.50. The Labute approximate surface area is 64.3 Å². The Morgan fingerprint density at radius 1 is 1.18 bits per heavy atom. The van der Waals surface area contributed by atoms with Gasteiger partial charge in [-0.25, -0.2) is 5.90 Å². The molecule has 0 aromatic rings. The van der Waals surface area contributed by atoms with Crippen molar-refractivity contribution in [3.63, 3.8) is 0 Å². The van der Waals surface area contributed by atoms with Gasteiger partial charge in [0.1, 0.15) is 6.23 Å². The first-order chi connectivity index (χ1) is 5.16. The predicted molar refractivity (Wildman–Crippen MR) is 36.9 cm³/mol. The van der Waals surface area contributed by atoms with E-state index >= 15 is 0 Å². The summed E-state index contributed by atoms with van der Waals surface area (Å²) < 4.78 is 0. The number of hydrogen-bond acceptors (Lipinski definition) is 6. The van der Waals surface area contributed by atoms with Gasteiger partial charge in [0.15, 0.2) is 0 Å². The highest BCUT2D eigenvalue weighted by molar-refractivity contribution is 4.82. The smallest absolute Gasteiger partial charge is 0.139 e. The summed E-state index contributed by atoms with van der Waals surface area (Å²) in [5.41, 5.74) is 3.99. The second kappa shape index (κ2) is 4.60. The van der Waals surface area contributed by atoms with Gasteiger partial charge in [-0.3, -0.25) is 4.84 Å². The van der Waals surface area contributed by atoms with E-state index in [1.54, 1.807) is 0 Å². The number of aliphatic hydroxyl groups excluding tert-OH is 3. The van der Waals surface area contributed by atoms with Crippen molar-refractivity contribution in [3.8, 4) is 0 Å². The van der Waals surface area contributed by atoms with Crippen LogP contribution in [0.5, 0.6) is 0 Å². The number of nitrogens with two attached hydrogens (primary N) is 2. The topological polar surface area (TPSA) is 122 Å². The van der Waals surface area contributed by atoms with Crippen LogP contribution in [0.25, 0.3) is 0 Å². The summed E-state index contributed by atoms with van der Waals surface area (Å²) in [7, 11) is 0. The highest BCUT2D eigenvalue weighted by atomic mass is 16.6. The van der Waals surface area contributed by atoms with Crippen LogP contribution >= 0.6 is 0 Å². The van der Waals surface area contributed by atoms with E-state index in [0.717, 1.165) is 0 Å². The lowest BCUT2D eigenvalue weighted by atomic mass is 9.89.